The van der Waals surface area contributed by atoms with Crippen molar-refractivity contribution in [3.63, 3.8) is 0 Å². The molecule has 0 aliphatic rings. The number of rotatable bonds is 15. The van der Waals surface area contributed by atoms with Crippen molar-refractivity contribution in [1.82, 2.24) is 6.15 Å². The van der Waals surface area contributed by atoms with E-state index in [0.29, 0.717) is 6.42 Å². The number of aliphatic hydroxyl groups is 1. The fourth-order valence-electron chi connectivity index (χ4n) is 2.37. The van der Waals surface area contributed by atoms with E-state index in [1.54, 1.807) is 6.92 Å². The van der Waals surface area contributed by atoms with E-state index < -0.39 is 0 Å². The molecule has 1 amide bonds. The van der Waals surface area contributed by atoms with Crippen LogP contribution in [0.2, 0.25) is 0 Å². The van der Waals surface area contributed by atoms with E-state index >= 15 is 0 Å². The number of hydrogen-bond acceptors (Lipinski definition) is 3. The summed E-state index contributed by atoms with van der Waals surface area (Å²) in [6.07, 6.45) is 21.9. The topological polar surface area (TPSA) is 98.3 Å². The highest BCUT2D eigenvalue weighted by molar-refractivity contribution is 5.73. The van der Waals surface area contributed by atoms with E-state index in [9.17, 15) is 4.79 Å². The Morgan fingerprint density at radius 2 is 1.17 bits per heavy atom. The molecule has 0 aromatic heterocycles. The van der Waals surface area contributed by atoms with E-state index in [1.807, 2.05) is 0 Å². The van der Waals surface area contributed by atoms with Crippen LogP contribution in [0, 0.1) is 0 Å². The highest BCUT2D eigenvalue weighted by Crippen LogP contribution is 2.09. The molecular formula is C20H44N2O2. The van der Waals surface area contributed by atoms with Gasteiger partial charge in [-0.15, -0.1) is 0 Å². The summed E-state index contributed by atoms with van der Waals surface area (Å²) < 4.78 is 0. The molecule has 0 radical (unpaired) electrons. The zero-order chi connectivity index (χ0) is 17.6. The molecule has 0 spiro atoms. The van der Waals surface area contributed by atoms with Gasteiger partial charge in [-0.3, -0.25) is 4.79 Å². The van der Waals surface area contributed by atoms with Crippen LogP contribution in [0.3, 0.4) is 0 Å². The minimum atomic E-state index is -0.164. The number of aliphatic hydroxyl groups excluding tert-OH is 1. The molecule has 0 saturated carbocycles. The molecule has 4 heteroatoms. The molecule has 0 rings (SSSR count). The first-order valence-electron chi connectivity index (χ1n) is 9.73. The van der Waals surface area contributed by atoms with Crippen molar-refractivity contribution in [2.45, 2.75) is 104 Å². The predicted octanol–water partition coefficient (Wildman–Crippen LogP) is 5.67. The smallest absolute Gasteiger partial charge is 0.217 e. The highest BCUT2D eigenvalue weighted by atomic mass is 16.2. The fraction of sp³-hybridized carbons (Fsp3) is 0.850. The first kappa shape index (κ1) is 28.0. The minimum absolute atomic E-state index is 0. The average Bonchev–Trinajstić information content (AvgIpc) is 2.51. The minimum Gasteiger partial charge on any atom is -0.397 e. The van der Waals surface area contributed by atoms with Gasteiger partial charge in [0.2, 0.25) is 5.91 Å². The Labute approximate surface area is 150 Å². The first-order chi connectivity index (χ1) is 11.2. The van der Waals surface area contributed by atoms with Gasteiger partial charge in [-0.1, -0.05) is 70.4 Å². The number of nitrogens with two attached hydrogens (primary N) is 1. The van der Waals surface area contributed by atoms with Crippen molar-refractivity contribution in [1.29, 1.82) is 0 Å². The van der Waals surface area contributed by atoms with Gasteiger partial charge in [0.05, 0.1) is 0 Å². The van der Waals surface area contributed by atoms with Crippen molar-refractivity contribution in [3.05, 3.63) is 12.2 Å². The second-order valence-electron chi connectivity index (χ2n) is 6.12. The quantitative estimate of drug-likeness (QED) is 0.263. The Bertz CT molecular complexity index is 256. The van der Waals surface area contributed by atoms with Crippen molar-refractivity contribution in [2.24, 2.45) is 5.73 Å². The standard InChI is InChI=1S/C18H35NO.C2H6O.H3N/c1-2-3-4-5-6-7-8-9-10-11-12-13-14-15-16-17-18(19)20;1-2-3;/h9-10H,2-8,11-17H2,1H3,(H2,19,20);3H,2H2,1H3;1H3/b10-9-;;. The fourth-order valence-corrected chi connectivity index (χ4v) is 2.37. The average molecular weight is 345 g/mol. The molecule has 4 nitrogen and oxygen atoms in total. The van der Waals surface area contributed by atoms with Crippen molar-refractivity contribution in [2.75, 3.05) is 6.61 Å². The second-order valence-corrected chi connectivity index (χ2v) is 6.12. The number of allylic oxidation sites excluding steroid dienone is 2. The SMILES string of the molecule is CCCCCCCC/C=C\CCCCCCCC(N)=O.CCO.N. The van der Waals surface area contributed by atoms with Crippen molar-refractivity contribution in [3.8, 4) is 0 Å². The van der Waals surface area contributed by atoms with Crippen LogP contribution in [0.5, 0.6) is 0 Å². The molecular weight excluding hydrogens is 300 g/mol. The van der Waals surface area contributed by atoms with Crippen LogP contribution in [0.4, 0.5) is 0 Å². The van der Waals surface area contributed by atoms with Gasteiger partial charge in [0.25, 0.3) is 0 Å². The number of carbonyl (C=O) groups is 1. The monoisotopic (exact) mass is 344 g/mol. The number of primary amides is 1. The molecule has 0 aromatic rings. The van der Waals surface area contributed by atoms with Gasteiger partial charge in [0.15, 0.2) is 0 Å². The highest BCUT2D eigenvalue weighted by Gasteiger charge is 1.94. The Morgan fingerprint density at radius 1 is 0.792 bits per heavy atom. The molecule has 0 aromatic carbocycles. The van der Waals surface area contributed by atoms with Gasteiger partial charge >= 0.3 is 0 Å². The van der Waals surface area contributed by atoms with Gasteiger partial charge in [0, 0.05) is 13.0 Å². The van der Waals surface area contributed by atoms with E-state index in [0.717, 1.165) is 12.8 Å². The molecule has 0 heterocycles. The van der Waals surface area contributed by atoms with Crippen molar-refractivity contribution >= 4 is 5.91 Å². The Hall–Kier alpha value is -0.870. The zero-order valence-corrected chi connectivity index (χ0v) is 16.4. The Balaban J connectivity index is -0.00000102. The molecule has 0 aliphatic heterocycles. The number of hydrogen-bond donors (Lipinski definition) is 3. The number of amides is 1. The van der Waals surface area contributed by atoms with Crippen LogP contribution in [0.1, 0.15) is 104 Å². The van der Waals surface area contributed by atoms with Crippen molar-refractivity contribution < 1.29 is 9.90 Å². The summed E-state index contributed by atoms with van der Waals surface area (Å²) in [5.74, 6) is -0.164. The summed E-state index contributed by atoms with van der Waals surface area (Å²) in [6.45, 7) is 4.19. The second kappa shape index (κ2) is 27.0. The van der Waals surface area contributed by atoms with Crippen LogP contribution < -0.4 is 11.9 Å². The molecule has 0 saturated heterocycles. The van der Waals surface area contributed by atoms with Gasteiger partial charge < -0.3 is 17.0 Å². The van der Waals surface area contributed by atoms with Crippen LogP contribution in [-0.2, 0) is 4.79 Å². The van der Waals surface area contributed by atoms with Crippen LogP contribution >= 0.6 is 0 Å². The summed E-state index contributed by atoms with van der Waals surface area (Å²) in [4.78, 5) is 10.5. The van der Waals surface area contributed by atoms with Gasteiger partial charge in [-0.05, 0) is 39.0 Å². The maximum atomic E-state index is 10.5. The Kier molecular flexibility index (Phi) is 31.4. The molecule has 24 heavy (non-hydrogen) atoms. The van der Waals surface area contributed by atoms with E-state index in [4.69, 9.17) is 10.8 Å². The third kappa shape index (κ3) is 32.9. The summed E-state index contributed by atoms with van der Waals surface area (Å²) in [7, 11) is 0. The molecule has 146 valence electrons. The zero-order valence-electron chi connectivity index (χ0n) is 16.4. The lowest BCUT2D eigenvalue weighted by molar-refractivity contribution is -0.118. The third-order valence-corrected chi connectivity index (χ3v) is 3.68. The van der Waals surface area contributed by atoms with Gasteiger partial charge in [-0.2, -0.15) is 0 Å². The van der Waals surface area contributed by atoms with Crippen LogP contribution in [-0.4, -0.2) is 17.6 Å². The summed E-state index contributed by atoms with van der Waals surface area (Å²) in [5, 5.41) is 7.57. The maximum Gasteiger partial charge on any atom is 0.217 e. The molecule has 0 bridgehead atoms. The summed E-state index contributed by atoms with van der Waals surface area (Å²) >= 11 is 0. The van der Waals surface area contributed by atoms with Crippen LogP contribution in [0.25, 0.3) is 0 Å². The Morgan fingerprint density at radius 3 is 1.58 bits per heavy atom. The van der Waals surface area contributed by atoms with Crippen LogP contribution in [0.15, 0.2) is 12.2 Å². The largest absolute Gasteiger partial charge is 0.397 e. The predicted molar refractivity (Wildman–Crippen MR) is 106 cm³/mol. The molecule has 6 N–H and O–H groups in total. The van der Waals surface area contributed by atoms with E-state index in [-0.39, 0.29) is 18.7 Å². The molecule has 0 aliphatic carbocycles. The summed E-state index contributed by atoms with van der Waals surface area (Å²) in [5.41, 5.74) is 5.10. The first-order valence-corrected chi connectivity index (χ1v) is 9.73. The molecule has 0 atom stereocenters. The van der Waals surface area contributed by atoms with Gasteiger partial charge in [0.1, 0.15) is 0 Å². The van der Waals surface area contributed by atoms with E-state index in [1.165, 1.54) is 70.6 Å². The lowest BCUT2D eigenvalue weighted by Crippen LogP contribution is -2.09. The third-order valence-electron chi connectivity index (χ3n) is 3.68. The van der Waals surface area contributed by atoms with Gasteiger partial charge in [-0.25, -0.2) is 0 Å². The summed E-state index contributed by atoms with van der Waals surface area (Å²) in [6, 6.07) is 0. The maximum absolute atomic E-state index is 10.5. The lowest BCUT2D eigenvalue weighted by Gasteiger charge is -1.99. The molecule has 0 fully saturated rings. The number of carbonyl (C=O) groups excluding carboxylic acids is 1. The van der Waals surface area contributed by atoms with E-state index in [2.05, 4.69) is 19.1 Å². The number of unbranched alkanes of at least 4 members (excludes halogenated alkanes) is 11. The normalized spacial score (nSPS) is 10.1. The lowest BCUT2D eigenvalue weighted by atomic mass is 10.1. The molecule has 0 unspecified atom stereocenters.